The quantitative estimate of drug-likeness (QED) is 0.456. The first kappa shape index (κ1) is 23.7. The Bertz CT molecular complexity index is 1130. The van der Waals surface area contributed by atoms with Crippen LogP contribution < -0.4 is 10.6 Å². The van der Waals surface area contributed by atoms with Crippen molar-refractivity contribution in [1.82, 2.24) is 15.3 Å². The van der Waals surface area contributed by atoms with E-state index in [1.165, 1.54) is 17.7 Å². The molecule has 3 aromatic rings. The molecular weight excluding hydrogens is 441 g/mol. The zero-order valence-corrected chi connectivity index (χ0v) is 18.3. The summed E-state index contributed by atoms with van der Waals surface area (Å²) in [6.45, 7) is 5.21. The van der Waals surface area contributed by atoms with Crippen molar-refractivity contribution in [2.24, 2.45) is 0 Å². The maximum absolute atomic E-state index is 13.0. The van der Waals surface area contributed by atoms with E-state index in [4.69, 9.17) is 9.90 Å². The van der Waals surface area contributed by atoms with E-state index < -0.39 is 11.7 Å². The van der Waals surface area contributed by atoms with Gasteiger partial charge in [0, 0.05) is 11.4 Å². The van der Waals surface area contributed by atoms with E-state index >= 15 is 0 Å². The molecule has 0 unspecified atom stereocenters. The molecule has 1 aliphatic rings. The Morgan fingerprint density at radius 1 is 1.28 bits per heavy atom. The van der Waals surface area contributed by atoms with Crippen LogP contribution in [0.2, 0.25) is 0 Å². The van der Waals surface area contributed by atoms with Crippen LogP contribution in [0.25, 0.3) is 15.8 Å². The fraction of sp³-hybridized carbons (Fsp3) is 0.318. The maximum Gasteiger partial charge on any atom is 0.416 e. The summed E-state index contributed by atoms with van der Waals surface area (Å²) in [6.07, 6.45) is -1.21. The Morgan fingerprint density at radius 3 is 2.69 bits per heavy atom. The fourth-order valence-corrected chi connectivity index (χ4v) is 4.54. The van der Waals surface area contributed by atoms with E-state index in [2.05, 4.69) is 32.7 Å². The monoisotopic (exact) mass is 464 g/mol. The van der Waals surface area contributed by atoms with Gasteiger partial charge in [-0.05, 0) is 56.1 Å². The van der Waals surface area contributed by atoms with Crippen molar-refractivity contribution in [2.75, 3.05) is 18.4 Å². The summed E-state index contributed by atoms with van der Waals surface area (Å²) in [7, 11) is 0. The number of benzene rings is 1. The molecule has 0 spiro atoms. The molecule has 1 aliphatic heterocycles. The van der Waals surface area contributed by atoms with Crippen LogP contribution in [0.5, 0.6) is 0 Å². The highest BCUT2D eigenvalue weighted by Crippen LogP contribution is 2.37. The number of rotatable bonds is 4. The molecule has 0 aliphatic carbocycles. The Morgan fingerprint density at radius 2 is 2.03 bits per heavy atom. The van der Waals surface area contributed by atoms with Crippen LogP contribution in [0.1, 0.15) is 41.2 Å². The SMILES string of the molecule is Cc1nc(N[C@H](C)c2cccc(C(F)(F)F)c2)c2sc(C3=CCNCC3)cc2n1.O=CO. The highest BCUT2D eigenvalue weighted by Gasteiger charge is 2.30. The maximum atomic E-state index is 13.0. The fourth-order valence-electron chi connectivity index (χ4n) is 3.42. The van der Waals surface area contributed by atoms with Gasteiger partial charge in [-0.3, -0.25) is 4.79 Å². The normalized spacial score (nSPS) is 14.8. The summed E-state index contributed by atoms with van der Waals surface area (Å²) in [5.74, 6) is 1.28. The second kappa shape index (κ2) is 10.1. The predicted molar refractivity (Wildman–Crippen MR) is 120 cm³/mol. The highest BCUT2D eigenvalue weighted by atomic mass is 32.1. The molecule has 0 radical (unpaired) electrons. The Kier molecular flexibility index (Phi) is 7.47. The highest BCUT2D eigenvalue weighted by molar-refractivity contribution is 7.20. The molecule has 0 saturated carbocycles. The van der Waals surface area contributed by atoms with Crippen LogP contribution in [0.15, 0.2) is 36.4 Å². The summed E-state index contributed by atoms with van der Waals surface area (Å²) < 4.78 is 40.1. The first-order chi connectivity index (χ1) is 15.2. The van der Waals surface area contributed by atoms with Crippen molar-refractivity contribution in [2.45, 2.75) is 32.5 Å². The minimum Gasteiger partial charge on any atom is -0.483 e. The van der Waals surface area contributed by atoms with Crippen LogP contribution in [0.4, 0.5) is 19.0 Å². The van der Waals surface area contributed by atoms with Gasteiger partial charge < -0.3 is 15.7 Å². The molecule has 0 amide bonds. The average Bonchev–Trinajstić information content (AvgIpc) is 3.19. The average molecular weight is 465 g/mol. The predicted octanol–water partition coefficient (Wildman–Crippen LogP) is 5.27. The number of hydrogen-bond donors (Lipinski definition) is 3. The van der Waals surface area contributed by atoms with E-state index in [-0.39, 0.29) is 12.5 Å². The lowest BCUT2D eigenvalue weighted by atomic mass is 10.0. The number of fused-ring (bicyclic) bond motifs is 1. The van der Waals surface area contributed by atoms with Crippen molar-refractivity contribution >= 4 is 39.4 Å². The number of anilines is 1. The summed E-state index contributed by atoms with van der Waals surface area (Å²) in [5.41, 5.74) is 2.06. The molecule has 4 rings (SSSR count). The van der Waals surface area contributed by atoms with Crippen molar-refractivity contribution in [1.29, 1.82) is 0 Å². The van der Waals surface area contributed by atoms with E-state index in [1.807, 2.05) is 13.8 Å². The van der Waals surface area contributed by atoms with Gasteiger partial charge in [-0.1, -0.05) is 18.2 Å². The number of aryl methyl sites for hydroxylation is 1. The zero-order valence-electron chi connectivity index (χ0n) is 17.5. The zero-order chi connectivity index (χ0) is 23.3. The molecule has 32 heavy (non-hydrogen) atoms. The number of thiophene rings is 1. The number of nitrogens with one attached hydrogen (secondary N) is 2. The Balaban J connectivity index is 0.000000913. The molecule has 2 aromatic heterocycles. The third kappa shape index (κ3) is 5.63. The number of alkyl halides is 3. The van der Waals surface area contributed by atoms with Gasteiger partial charge in [-0.15, -0.1) is 11.3 Å². The second-order valence-corrected chi connectivity index (χ2v) is 8.27. The number of nitrogens with zero attached hydrogens (tertiary/aromatic N) is 2. The number of aromatic nitrogens is 2. The smallest absolute Gasteiger partial charge is 0.416 e. The molecule has 3 heterocycles. The molecule has 170 valence electrons. The molecule has 10 heteroatoms. The lowest BCUT2D eigenvalue weighted by Gasteiger charge is -2.17. The molecule has 0 saturated heterocycles. The van der Waals surface area contributed by atoms with E-state index in [1.54, 1.807) is 17.4 Å². The lowest BCUT2D eigenvalue weighted by Crippen LogP contribution is -2.19. The van der Waals surface area contributed by atoms with Gasteiger partial charge in [0.15, 0.2) is 0 Å². The number of hydrogen-bond acceptors (Lipinski definition) is 6. The topological polar surface area (TPSA) is 87.1 Å². The van der Waals surface area contributed by atoms with Crippen LogP contribution in [-0.4, -0.2) is 34.6 Å². The van der Waals surface area contributed by atoms with Gasteiger partial charge in [-0.2, -0.15) is 13.2 Å². The van der Waals surface area contributed by atoms with Crippen LogP contribution in [0.3, 0.4) is 0 Å². The summed E-state index contributed by atoms with van der Waals surface area (Å²) >= 11 is 1.62. The molecule has 1 atom stereocenters. The second-order valence-electron chi connectivity index (χ2n) is 7.22. The van der Waals surface area contributed by atoms with Crippen molar-refractivity contribution < 1.29 is 23.1 Å². The summed E-state index contributed by atoms with van der Waals surface area (Å²) in [6, 6.07) is 7.14. The Labute approximate surface area is 187 Å². The molecule has 0 bridgehead atoms. The third-order valence-electron chi connectivity index (χ3n) is 4.93. The molecule has 0 fully saturated rings. The number of carboxylic acid groups (broad SMARTS) is 1. The van der Waals surface area contributed by atoms with Crippen LogP contribution in [-0.2, 0) is 11.0 Å². The van der Waals surface area contributed by atoms with E-state index in [0.29, 0.717) is 17.2 Å². The molecular formula is C22H23F3N4O2S. The van der Waals surface area contributed by atoms with Gasteiger partial charge in [0.2, 0.25) is 0 Å². The molecule has 1 aromatic carbocycles. The van der Waals surface area contributed by atoms with Gasteiger partial charge in [0.1, 0.15) is 11.6 Å². The standard InChI is InChI=1S/C21H21F3N4S.CH2O2/c1-12(15-4-3-5-16(10-15)21(22,23)24)26-20-19-17(27-13(2)28-20)11-18(29-19)14-6-8-25-9-7-14;2-1-3/h3-6,10-12,25H,7-9H2,1-2H3,(H,26,27,28);1H,(H,2,3)/t12-;/m1./s1. The minimum atomic E-state index is -4.36. The van der Waals surface area contributed by atoms with Crippen LogP contribution in [0, 0.1) is 6.92 Å². The number of carbonyl (C=O) groups is 1. The first-order valence-corrected chi connectivity index (χ1v) is 10.7. The first-order valence-electron chi connectivity index (χ1n) is 9.92. The lowest BCUT2D eigenvalue weighted by molar-refractivity contribution is -0.137. The van der Waals surface area contributed by atoms with Crippen molar-refractivity contribution in [3.05, 3.63) is 58.2 Å². The summed E-state index contributed by atoms with van der Waals surface area (Å²) in [4.78, 5) is 18.6. The van der Waals surface area contributed by atoms with E-state index in [0.717, 1.165) is 40.7 Å². The van der Waals surface area contributed by atoms with Crippen LogP contribution >= 0.6 is 11.3 Å². The summed E-state index contributed by atoms with van der Waals surface area (Å²) in [5, 5.41) is 13.5. The van der Waals surface area contributed by atoms with Crippen molar-refractivity contribution in [3.8, 4) is 0 Å². The molecule has 3 N–H and O–H groups in total. The number of halogens is 3. The molecule has 6 nitrogen and oxygen atoms in total. The van der Waals surface area contributed by atoms with Gasteiger partial charge >= 0.3 is 6.18 Å². The minimum absolute atomic E-state index is 0.250. The van der Waals surface area contributed by atoms with E-state index in [9.17, 15) is 13.2 Å². The Hall–Kier alpha value is -2.98. The van der Waals surface area contributed by atoms with Gasteiger partial charge in [0.25, 0.3) is 6.47 Å². The van der Waals surface area contributed by atoms with Crippen molar-refractivity contribution in [3.63, 3.8) is 0 Å². The third-order valence-corrected chi connectivity index (χ3v) is 6.14. The largest absolute Gasteiger partial charge is 0.483 e. The van der Waals surface area contributed by atoms with Gasteiger partial charge in [-0.25, -0.2) is 9.97 Å². The van der Waals surface area contributed by atoms with Gasteiger partial charge in [0.05, 0.1) is 21.8 Å².